The molecule has 5 rings (SSSR count). The minimum Gasteiger partial charge on any atom is -0.390 e. The number of aromatic nitrogens is 2. The number of rotatable bonds is 9. The van der Waals surface area contributed by atoms with Crippen LogP contribution in [0.4, 0.5) is 11.8 Å². The first kappa shape index (κ1) is 27.3. The van der Waals surface area contributed by atoms with E-state index in [0.29, 0.717) is 57.7 Å². The van der Waals surface area contributed by atoms with Crippen molar-refractivity contribution in [1.82, 2.24) is 25.1 Å². The zero-order valence-corrected chi connectivity index (χ0v) is 22.8. The zero-order chi connectivity index (χ0) is 27.4. The summed E-state index contributed by atoms with van der Waals surface area (Å²) in [5, 5.41) is 16.8. The Bertz CT molecular complexity index is 1160. The van der Waals surface area contributed by atoms with Gasteiger partial charge in [-0.25, -0.2) is 4.98 Å². The van der Waals surface area contributed by atoms with E-state index in [4.69, 9.17) is 4.74 Å². The third kappa shape index (κ3) is 6.84. The van der Waals surface area contributed by atoms with Gasteiger partial charge in [-0.05, 0) is 17.5 Å². The molecule has 1 aromatic heterocycles. The highest BCUT2D eigenvalue weighted by molar-refractivity contribution is 5.93. The summed E-state index contributed by atoms with van der Waals surface area (Å²) in [6.45, 7) is 9.64. The van der Waals surface area contributed by atoms with Gasteiger partial charge in [-0.3, -0.25) is 14.5 Å². The quantitative estimate of drug-likeness (QED) is 0.425. The number of hydrogen-bond acceptors (Lipinski definition) is 9. The number of benzene rings is 1. The zero-order valence-electron chi connectivity index (χ0n) is 22.8. The van der Waals surface area contributed by atoms with Crippen molar-refractivity contribution in [3.05, 3.63) is 47.2 Å². The van der Waals surface area contributed by atoms with Crippen LogP contribution in [0, 0.1) is 5.92 Å². The van der Waals surface area contributed by atoms with E-state index >= 15 is 0 Å². The van der Waals surface area contributed by atoms with Gasteiger partial charge in [-0.15, -0.1) is 0 Å². The van der Waals surface area contributed by atoms with Crippen molar-refractivity contribution in [3.63, 3.8) is 0 Å². The monoisotopic (exact) mass is 537 g/mol. The summed E-state index contributed by atoms with van der Waals surface area (Å²) < 4.78 is 5.27. The number of anilines is 2. The van der Waals surface area contributed by atoms with Gasteiger partial charge in [0.05, 0.1) is 25.4 Å². The maximum atomic E-state index is 13.1. The topological polar surface area (TPSA) is 123 Å². The fraction of sp³-hybridized carbons (Fsp3) is 0.571. The largest absolute Gasteiger partial charge is 0.390 e. The second kappa shape index (κ2) is 12.3. The molecule has 0 saturated carbocycles. The molecule has 0 aliphatic carbocycles. The van der Waals surface area contributed by atoms with Crippen LogP contribution in [0.5, 0.6) is 0 Å². The van der Waals surface area contributed by atoms with Gasteiger partial charge < -0.3 is 30.3 Å². The molecule has 210 valence electrons. The Morgan fingerprint density at radius 3 is 2.51 bits per heavy atom. The van der Waals surface area contributed by atoms with Crippen molar-refractivity contribution in [1.29, 1.82) is 0 Å². The van der Waals surface area contributed by atoms with Crippen LogP contribution < -0.4 is 15.5 Å². The third-order valence-electron chi connectivity index (χ3n) is 7.48. The summed E-state index contributed by atoms with van der Waals surface area (Å²) in [4.78, 5) is 40.8. The van der Waals surface area contributed by atoms with E-state index in [-0.39, 0.29) is 36.0 Å². The van der Waals surface area contributed by atoms with Crippen LogP contribution in [0.3, 0.4) is 0 Å². The maximum absolute atomic E-state index is 13.1. The molecule has 3 aliphatic rings. The Morgan fingerprint density at radius 1 is 1.08 bits per heavy atom. The molecule has 11 nitrogen and oxygen atoms in total. The highest BCUT2D eigenvalue weighted by Crippen LogP contribution is 2.20. The molecule has 3 N–H and O–H groups in total. The van der Waals surface area contributed by atoms with Crippen molar-refractivity contribution in [3.8, 4) is 0 Å². The molecule has 2 amide bonds. The molecule has 2 aromatic rings. The fourth-order valence-corrected chi connectivity index (χ4v) is 5.16. The summed E-state index contributed by atoms with van der Waals surface area (Å²) in [7, 11) is 0. The van der Waals surface area contributed by atoms with E-state index in [0.717, 1.165) is 19.5 Å². The number of aliphatic hydroxyl groups is 1. The van der Waals surface area contributed by atoms with Gasteiger partial charge in [0.25, 0.3) is 5.91 Å². The van der Waals surface area contributed by atoms with Gasteiger partial charge >= 0.3 is 0 Å². The van der Waals surface area contributed by atoms with Gasteiger partial charge in [0.15, 0.2) is 0 Å². The first-order chi connectivity index (χ1) is 18.9. The molecule has 11 heteroatoms. The highest BCUT2D eigenvalue weighted by atomic mass is 16.5. The summed E-state index contributed by atoms with van der Waals surface area (Å²) in [6, 6.07) is 10.2. The first-order valence-corrected chi connectivity index (χ1v) is 13.9. The summed E-state index contributed by atoms with van der Waals surface area (Å²) in [5.41, 5.74) is 2.89. The first-order valence-electron chi connectivity index (χ1n) is 13.9. The SMILES string of the molecule is CC(C)C(=O)N1CCN(c2nc(NC3COC3)cc(C(=O)NC[C@H](O)CN3CCc4ccccc4C3)n2)CC1. The van der Waals surface area contributed by atoms with Crippen molar-refractivity contribution < 1.29 is 19.4 Å². The molecule has 3 aliphatic heterocycles. The number of nitrogens with one attached hydrogen (secondary N) is 2. The molecule has 0 spiro atoms. The predicted molar refractivity (Wildman–Crippen MR) is 148 cm³/mol. The smallest absolute Gasteiger partial charge is 0.270 e. The number of amides is 2. The third-order valence-corrected chi connectivity index (χ3v) is 7.48. The van der Waals surface area contributed by atoms with Crippen LogP contribution in [-0.2, 0) is 22.5 Å². The number of hydrogen-bond donors (Lipinski definition) is 3. The normalized spacial score (nSPS) is 18.9. The number of carbonyl (C=O) groups excluding carboxylic acids is 2. The molecular formula is C28H39N7O4. The Morgan fingerprint density at radius 2 is 1.82 bits per heavy atom. The Kier molecular flexibility index (Phi) is 8.59. The molecule has 0 unspecified atom stereocenters. The number of β-amino-alcohol motifs (C(OH)–C–C–N with tert-alkyl or cyclic N) is 1. The molecule has 2 fully saturated rings. The summed E-state index contributed by atoms with van der Waals surface area (Å²) in [5.74, 6) is 0.759. The van der Waals surface area contributed by atoms with Gasteiger partial charge in [-0.1, -0.05) is 38.1 Å². The van der Waals surface area contributed by atoms with E-state index in [1.165, 1.54) is 11.1 Å². The van der Waals surface area contributed by atoms with Crippen molar-refractivity contribution in [2.45, 2.75) is 39.0 Å². The molecule has 4 heterocycles. The molecule has 0 bridgehead atoms. The minimum absolute atomic E-state index is 0.0404. The van der Waals surface area contributed by atoms with Gasteiger partial charge in [0.2, 0.25) is 11.9 Å². The van der Waals surface area contributed by atoms with E-state index < -0.39 is 6.10 Å². The lowest BCUT2D eigenvalue weighted by Crippen LogP contribution is -2.50. The number of ether oxygens (including phenoxy) is 1. The lowest BCUT2D eigenvalue weighted by Gasteiger charge is -2.36. The second-order valence-electron chi connectivity index (χ2n) is 10.9. The highest BCUT2D eigenvalue weighted by Gasteiger charge is 2.27. The second-order valence-corrected chi connectivity index (χ2v) is 10.9. The standard InChI is InChI=1S/C28H39N7O4/c1-19(2)27(38)34-9-11-35(12-10-34)28-31-24(13-25(32-28)30-22-17-39-18-22)26(37)29-14-23(36)16-33-8-7-20-5-3-4-6-21(20)15-33/h3-6,13,19,22-23,36H,7-12,14-18H2,1-2H3,(H,29,37)(H,30,31,32)/t23-/m0/s1. The number of aliphatic hydroxyl groups excluding tert-OH is 1. The van der Waals surface area contributed by atoms with Crippen molar-refractivity contribution >= 4 is 23.6 Å². The van der Waals surface area contributed by atoms with Crippen LogP contribution in [0.2, 0.25) is 0 Å². The summed E-state index contributed by atoms with van der Waals surface area (Å²) >= 11 is 0. The fourth-order valence-electron chi connectivity index (χ4n) is 5.16. The Hall–Kier alpha value is -3.28. The molecular weight excluding hydrogens is 498 g/mol. The van der Waals surface area contributed by atoms with E-state index in [1.54, 1.807) is 6.07 Å². The van der Waals surface area contributed by atoms with Crippen LogP contribution >= 0.6 is 0 Å². The lowest BCUT2D eigenvalue weighted by molar-refractivity contribution is -0.134. The Balaban J connectivity index is 1.20. The minimum atomic E-state index is -0.697. The van der Waals surface area contributed by atoms with E-state index in [1.807, 2.05) is 29.7 Å². The molecule has 39 heavy (non-hydrogen) atoms. The number of piperazine rings is 1. The predicted octanol–water partition coefficient (Wildman–Crippen LogP) is 0.741. The number of fused-ring (bicyclic) bond motifs is 1. The molecule has 0 radical (unpaired) electrons. The van der Waals surface area contributed by atoms with Gasteiger partial charge in [-0.2, -0.15) is 4.98 Å². The number of nitrogens with zero attached hydrogens (tertiary/aromatic N) is 5. The van der Waals surface area contributed by atoms with Crippen LogP contribution in [0.1, 0.15) is 35.5 Å². The number of carbonyl (C=O) groups is 2. The summed E-state index contributed by atoms with van der Waals surface area (Å²) in [6.07, 6.45) is 0.262. The average Bonchev–Trinajstić information content (AvgIpc) is 2.93. The van der Waals surface area contributed by atoms with E-state index in [2.05, 4.69) is 43.7 Å². The lowest BCUT2D eigenvalue weighted by atomic mass is 10.00. The van der Waals surface area contributed by atoms with E-state index in [9.17, 15) is 14.7 Å². The average molecular weight is 538 g/mol. The van der Waals surface area contributed by atoms with Gasteiger partial charge in [0, 0.05) is 64.3 Å². The van der Waals surface area contributed by atoms with Crippen LogP contribution in [0.15, 0.2) is 30.3 Å². The maximum Gasteiger partial charge on any atom is 0.270 e. The van der Waals surface area contributed by atoms with Crippen molar-refractivity contribution in [2.75, 3.05) is 69.2 Å². The molecule has 1 aromatic carbocycles. The van der Waals surface area contributed by atoms with Crippen LogP contribution in [-0.4, -0.2) is 108 Å². The van der Waals surface area contributed by atoms with Crippen molar-refractivity contribution in [2.24, 2.45) is 5.92 Å². The van der Waals surface area contributed by atoms with Gasteiger partial charge in [0.1, 0.15) is 11.5 Å². The van der Waals surface area contributed by atoms with Crippen LogP contribution in [0.25, 0.3) is 0 Å². The Labute approximate surface area is 229 Å². The molecule has 2 saturated heterocycles. The molecule has 1 atom stereocenters.